The second-order valence-corrected chi connectivity index (χ2v) is 8.31. The van der Waals surface area contributed by atoms with Crippen LogP contribution in [-0.4, -0.2) is 35.2 Å². The summed E-state index contributed by atoms with van der Waals surface area (Å²) in [6.07, 6.45) is 1.58. The van der Waals surface area contributed by atoms with Gasteiger partial charge in [0.05, 0.1) is 0 Å². The van der Waals surface area contributed by atoms with Crippen LogP contribution in [-0.2, 0) is 4.79 Å². The average Bonchev–Trinajstić information content (AvgIpc) is 3.06. The molecule has 1 aliphatic rings. The third-order valence-corrected chi connectivity index (χ3v) is 5.65. The predicted octanol–water partition coefficient (Wildman–Crippen LogP) is 3.85. The number of rotatable bonds is 4. The molecular weight excluding hydrogens is 407 g/mol. The molecule has 1 saturated heterocycles. The Balaban J connectivity index is 1.66. The summed E-state index contributed by atoms with van der Waals surface area (Å²) in [6, 6.07) is 4.95. The normalized spacial score (nSPS) is 15.6. The van der Waals surface area contributed by atoms with Crippen molar-refractivity contribution in [3.05, 3.63) is 28.5 Å². The van der Waals surface area contributed by atoms with Crippen molar-refractivity contribution in [3.8, 4) is 10.6 Å². The highest BCUT2D eigenvalue weighted by atomic mass is 79.9. The SMILES string of the molecule is CC(C)NC(=O)C1CCN(c2nnc(-c3cc(Br)ccc3F)s2)CC1. The zero-order chi connectivity index (χ0) is 18.0. The van der Waals surface area contributed by atoms with E-state index in [4.69, 9.17) is 0 Å². The smallest absolute Gasteiger partial charge is 0.223 e. The van der Waals surface area contributed by atoms with Gasteiger partial charge in [-0.25, -0.2) is 4.39 Å². The minimum absolute atomic E-state index is 0.0496. The van der Waals surface area contributed by atoms with Crippen LogP contribution in [0.1, 0.15) is 26.7 Å². The van der Waals surface area contributed by atoms with Gasteiger partial charge in [0, 0.05) is 35.1 Å². The first kappa shape index (κ1) is 18.3. The molecule has 0 saturated carbocycles. The number of aromatic nitrogens is 2. The standard InChI is InChI=1S/C17H20BrFN4OS/c1-10(2)20-15(24)11-5-7-23(8-6-11)17-22-21-16(25-17)13-9-12(18)3-4-14(13)19/h3-4,9-11H,5-8H2,1-2H3,(H,20,24). The van der Waals surface area contributed by atoms with E-state index in [1.165, 1.54) is 17.4 Å². The number of nitrogens with one attached hydrogen (secondary N) is 1. The van der Waals surface area contributed by atoms with Crippen LogP contribution < -0.4 is 10.2 Å². The summed E-state index contributed by atoms with van der Waals surface area (Å²) < 4.78 is 14.8. The largest absolute Gasteiger partial charge is 0.354 e. The van der Waals surface area contributed by atoms with Gasteiger partial charge in [-0.2, -0.15) is 0 Å². The first-order chi connectivity index (χ1) is 11.9. The summed E-state index contributed by atoms with van der Waals surface area (Å²) in [7, 11) is 0. The van der Waals surface area contributed by atoms with Crippen LogP contribution in [0.5, 0.6) is 0 Å². The second kappa shape index (κ2) is 7.78. The number of hydrogen-bond donors (Lipinski definition) is 1. The number of nitrogens with zero attached hydrogens (tertiary/aromatic N) is 3. The molecule has 0 unspecified atom stereocenters. The van der Waals surface area contributed by atoms with E-state index in [9.17, 15) is 9.18 Å². The fourth-order valence-electron chi connectivity index (χ4n) is 2.85. The van der Waals surface area contributed by atoms with Crippen molar-refractivity contribution in [2.75, 3.05) is 18.0 Å². The van der Waals surface area contributed by atoms with Crippen LogP contribution >= 0.6 is 27.3 Å². The van der Waals surface area contributed by atoms with Crippen molar-refractivity contribution in [2.45, 2.75) is 32.7 Å². The Morgan fingerprint density at radius 1 is 1.36 bits per heavy atom. The van der Waals surface area contributed by atoms with Crippen molar-refractivity contribution in [2.24, 2.45) is 5.92 Å². The Labute approximate surface area is 158 Å². The van der Waals surface area contributed by atoms with Gasteiger partial charge in [0.1, 0.15) is 5.82 Å². The summed E-state index contributed by atoms with van der Waals surface area (Å²) in [5.74, 6) is -0.132. The van der Waals surface area contributed by atoms with Gasteiger partial charge in [0.15, 0.2) is 5.01 Å². The molecule has 1 aliphatic heterocycles. The Kier molecular flexibility index (Phi) is 5.68. The predicted molar refractivity (Wildman–Crippen MR) is 101 cm³/mol. The van der Waals surface area contributed by atoms with E-state index in [1.807, 2.05) is 13.8 Å². The lowest BCUT2D eigenvalue weighted by Crippen LogP contribution is -2.42. The summed E-state index contributed by atoms with van der Waals surface area (Å²) in [4.78, 5) is 14.2. The molecule has 1 fully saturated rings. The van der Waals surface area contributed by atoms with Crippen LogP contribution in [0.2, 0.25) is 0 Å². The van der Waals surface area contributed by atoms with Gasteiger partial charge in [0.2, 0.25) is 11.0 Å². The fourth-order valence-corrected chi connectivity index (χ4v) is 4.12. The van der Waals surface area contributed by atoms with Crippen LogP contribution in [0.3, 0.4) is 0 Å². The number of carbonyl (C=O) groups is 1. The Morgan fingerprint density at radius 2 is 2.08 bits per heavy atom. The first-order valence-corrected chi connectivity index (χ1v) is 9.89. The van der Waals surface area contributed by atoms with Gasteiger partial charge in [-0.1, -0.05) is 27.3 Å². The van der Waals surface area contributed by atoms with Crippen molar-refractivity contribution in [3.63, 3.8) is 0 Å². The minimum Gasteiger partial charge on any atom is -0.354 e. The number of anilines is 1. The molecule has 0 radical (unpaired) electrons. The van der Waals surface area contributed by atoms with E-state index in [1.54, 1.807) is 12.1 Å². The molecule has 2 heterocycles. The van der Waals surface area contributed by atoms with Crippen molar-refractivity contribution >= 4 is 38.3 Å². The second-order valence-electron chi connectivity index (χ2n) is 6.44. The molecule has 2 aromatic rings. The van der Waals surface area contributed by atoms with Gasteiger partial charge in [-0.15, -0.1) is 10.2 Å². The van der Waals surface area contributed by atoms with Gasteiger partial charge < -0.3 is 10.2 Å². The number of benzene rings is 1. The highest BCUT2D eigenvalue weighted by molar-refractivity contribution is 9.10. The van der Waals surface area contributed by atoms with E-state index in [-0.39, 0.29) is 23.7 Å². The minimum atomic E-state index is -0.310. The highest BCUT2D eigenvalue weighted by Gasteiger charge is 2.27. The summed E-state index contributed by atoms with van der Waals surface area (Å²) in [6.45, 7) is 5.45. The molecule has 25 heavy (non-hydrogen) atoms. The Bertz CT molecular complexity index is 759. The van der Waals surface area contributed by atoms with Crippen LogP contribution in [0.15, 0.2) is 22.7 Å². The number of piperidine rings is 1. The van der Waals surface area contributed by atoms with Crippen molar-refractivity contribution in [1.82, 2.24) is 15.5 Å². The fraction of sp³-hybridized carbons (Fsp3) is 0.471. The molecule has 8 heteroatoms. The lowest BCUT2D eigenvalue weighted by atomic mass is 9.96. The molecule has 5 nitrogen and oxygen atoms in total. The van der Waals surface area contributed by atoms with E-state index in [0.717, 1.165) is 35.5 Å². The molecule has 1 aromatic carbocycles. The summed E-state index contributed by atoms with van der Waals surface area (Å²) >= 11 is 4.73. The van der Waals surface area contributed by atoms with E-state index in [0.29, 0.717) is 10.6 Å². The molecule has 1 N–H and O–H groups in total. The number of hydrogen-bond acceptors (Lipinski definition) is 5. The monoisotopic (exact) mass is 426 g/mol. The van der Waals surface area contributed by atoms with Crippen LogP contribution in [0.4, 0.5) is 9.52 Å². The van der Waals surface area contributed by atoms with Crippen molar-refractivity contribution in [1.29, 1.82) is 0 Å². The van der Waals surface area contributed by atoms with Crippen molar-refractivity contribution < 1.29 is 9.18 Å². The first-order valence-electron chi connectivity index (χ1n) is 8.28. The maximum Gasteiger partial charge on any atom is 0.223 e. The van der Waals surface area contributed by atoms with Gasteiger partial charge in [-0.3, -0.25) is 4.79 Å². The molecule has 1 amide bonds. The van der Waals surface area contributed by atoms with Gasteiger partial charge >= 0.3 is 0 Å². The maximum absolute atomic E-state index is 14.0. The molecular formula is C17H20BrFN4OS. The van der Waals surface area contributed by atoms with Gasteiger partial charge in [-0.05, 0) is 44.9 Å². The molecule has 0 aliphatic carbocycles. The maximum atomic E-state index is 14.0. The molecule has 3 rings (SSSR count). The summed E-state index contributed by atoms with van der Waals surface area (Å²) in [5.41, 5.74) is 0.448. The zero-order valence-corrected chi connectivity index (χ0v) is 16.5. The number of carbonyl (C=O) groups excluding carboxylic acids is 1. The number of amides is 1. The third-order valence-electron chi connectivity index (χ3n) is 4.14. The van der Waals surface area contributed by atoms with Gasteiger partial charge in [0.25, 0.3) is 0 Å². The molecule has 0 atom stereocenters. The molecule has 0 bridgehead atoms. The number of halogens is 2. The molecule has 134 valence electrons. The molecule has 1 aromatic heterocycles. The summed E-state index contributed by atoms with van der Waals surface area (Å²) in [5, 5.41) is 12.7. The zero-order valence-electron chi connectivity index (χ0n) is 14.1. The Hall–Kier alpha value is -1.54. The quantitative estimate of drug-likeness (QED) is 0.806. The third kappa shape index (κ3) is 4.36. The average molecular weight is 427 g/mol. The van der Waals surface area contributed by atoms with Crippen LogP contribution in [0, 0.1) is 11.7 Å². The molecule has 0 spiro atoms. The van der Waals surface area contributed by atoms with E-state index >= 15 is 0 Å². The highest BCUT2D eigenvalue weighted by Crippen LogP contribution is 2.33. The van der Waals surface area contributed by atoms with Crippen LogP contribution in [0.25, 0.3) is 10.6 Å². The Morgan fingerprint density at radius 3 is 2.76 bits per heavy atom. The van der Waals surface area contributed by atoms with E-state index in [2.05, 4.69) is 36.3 Å². The topological polar surface area (TPSA) is 58.1 Å². The lowest BCUT2D eigenvalue weighted by molar-refractivity contribution is -0.126. The lowest BCUT2D eigenvalue weighted by Gasteiger charge is -2.31. The van der Waals surface area contributed by atoms with E-state index < -0.39 is 0 Å².